The number of hydrogen-bond acceptors (Lipinski definition) is 4. The van der Waals surface area contributed by atoms with E-state index in [2.05, 4.69) is 30.7 Å². The van der Waals surface area contributed by atoms with E-state index in [1.807, 2.05) is 0 Å². The lowest BCUT2D eigenvalue weighted by atomic mass is 10.1. The van der Waals surface area contributed by atoms with Crippen molar-refractivity contribution in [2.75, 3.05) is 6.61 Å². The first kappa shape index (κ1) is 19.6. The second kappa shape index (κ2) is 12.7. The molecule has 0 spiro atoms. The van der Waals surface area contributed by atoms with E-state index in [1.165, 1.54) is 45.4 Å². The van der Waals surface area contributed by atoms with Crippen LogP contribution in [0.2, 0.25) is 0 Å². The van der Waals surface area contributed by atoms with Gasteiger partial charge in [0.05, 0.1) is 6.61 Å². The summed E-state index contributed by atoms with van der Waals surface area (Å²) in [6.07, 6.45) is 8.12. The molecule has 0 aliphatic heterocycles. The lowest BCUT2D eigenvalue weighted by Gasteiger charge is -2.02. The molecule has 1 unspecified atom stereocenters. The van der Waals surface area contributed by atoms with Crippen molar-refractivity contribution >= 4 is 23.0 Å². The lowest BCUT2D eigenvalue weighted by molar-refractivity contribution is 0.275. The normalized spacial score (nSPS) is 12.8. The third-order valence-electron chi connectivity index (χ3n) is 2.06. The van der Waals surface area contributed by atoms with Gasteiger partial charge >= 0.3 is 0 Å². The lowest BCUT2D eigenvalue weighted by Crippen LogP contribution is -2.02. The summed E-state index contributed by atoms with van der Waals surface area (Å²) in [7, 11) is -4.42. The van der Waals surface area contributed by atoms with Gasteiger partial charge in [-0.3, -0.25) is 4.18 Å². The molecule has 0 saturated carbocycles. The summed E-state index contributed by atoms with van der Waals surface area (Å²) in [6.45, 7) is 5.83. The second-order valence-electron chi connectivity index (χ2n) is 3.80. The quantitative estimate of drug-likeness (QED) is 0.297. The van der Waals surface area contributed by atoms with Gasteiger partial charge in [-0.05, 0) is 38.8 Å². The van der Waals surface area contributed by atoms with Crippen LogP contribution < -0.4 is 0 Å². The fourth-order valence-corrected chi connectivity index (χ4v) is 2.06. The van der Waals surface area contributed by atoms with Crippen molar-refractivity contribution in [2.24, 2.45) is 0 Å². The number of unbranched alkanes of at least 4 members (excludes halogenated alkanes) is 2. The highest BCUT2D eigenvalue weighted by molar-refractivity contribution is 7.80. The molecule has 0 bridgehead atoms. The zero-order chi connectivity index (χ0) is 13.7. The summed E-state index contributed by atoms with van der Waals surface area (Å²) in [6, 6.07) is 0. The summed E-state index contributed by atoms with van der Waals surface area (Å²) in [4.78, 5) is 0. The maximum Gasteiger partial charge on any atom is 0.217 e. The summed E-state index contributed by atoms with van der Waals surface area (Å²) in [5, 5.41) is 0.775. The first-order chi connectivity index (χ1) is 7.87. The fourth-order valence-electron chi connectivity index (χ4n) is 1.28. The molecular formula is C11H26O4S2. The van der Waals surface area contributed by atoms with Gasteiger partial charge in [0.25, 0.3) is 0 Å². The molecule has 17 heavy (non-hydrogen) atoms. The molecule has 6 heteroatoms. The van der Waals surface area contributed by atoms with Crippen LogP contribution in [0.3, 0.4) is 0 Å². The topological polar surface area (TPSA) is 66.4 Å². The van der Waals surface area contributed by atoms with Gasteiger partial charge in [-0.25, -0.2) is 8.42 Å². The molecule has 0 aliphatic carbocycles. The molecule has 0 aromatic rings. The molecule has 0 aliphatic rings. The van der Waals surface area contributed by atoms with Crippen LogP contribution in [0.5, 0.6) is 0 Å². The van der Waals surface area contributed by atoms with Gasteiger partial charge in [-0.2, -0.15) is 0 Å². The van der Waals surface area contributed by atoms with Crippen LogP contribution in [-0.4, -0.2) is 24.8 Å². The van der Waals surface area contributed by atoms with Gasteiger partial charge in [0, 0.05) is 0 Å². The molecule has 0 heterocycles. The van der Waals surface area contributed by atoms with Crippen molar-refractivity contribution in [1.82, 2.24) is 0 Å². The van der Waals surface area contributed by atoms with Crippen LogP contribution in [0, 0.1) is 0 Å². The minimum Gasteiger partial charge on any atom is -0.726 e. The summed E-state index contributed by atoms with van der Waals surface area (Å²) in [5.41, 5.74) is 0. The molecule has 0 saturated heterocycles. The van der Waals surface area contributed by atoms with Crippen LogP contribution in [0.4, 0.5) is 0 Å². The van der Waals surface area contributed by atoms with Crippen LogP contribution in [0.15, 0.2) is 0 Å². The van der Waals surface area contributed by atoms with E-state index >= 15 is 0 Å². The molecular weight excluding hydrogens is 260 g/mol. The Balaban J connectivity index is 0. The molecule has 0 amide bonds. The van der Waals surface area contributed by atoms with E-state index in [0.29, 0.717) is 0 Å². The predicted molar refractivity (Wildman–Crippen MR) is 74.3 cm³/mol. The van der Waals surface area contributed by atoms with Crippen molar-refractivity contribution in [3.05, 3.63) is 0 Å². The zero-order valence-corrected chi connectivity index (χ0v) is 12.9. The van der Waals surface area contributed by atoms with Crippen molar-refractivity contribution < 1.29 is 17.2 Å². The molecule has 0 rings (SSSR count). The first-order valence-electron chi connectivity index (χ1n) is 6.18. The molecule has 1 atom stereocenters. The third-order valence-corrected chi connectivity index (χ3v) is 3.16. The van der Waals surface area contributed by atoms with E-state index in [4.69, 9.17) is 0 Å². The Labute approximate surface area is 112 Å². The van der Waals surface area contributed by atoms with Gasteiger partial charge in [0.15, 0.2) is 0 Å². The SMILES string of the molecule is CCCCCC([SH2+])CCC.CCOS(=O)(=O)[O-]. The van der Waals surface area contributed by atoms with Gasteiger partial charge in [-0.1, -0.05) is 33.1 Å². The van der Waals surface area contributed by atoms with E-state index in [-0.39, 0.29) is 6.61 Å². The average molecular weight is 286 g/mol. The molecule has 0 radical (unpaired) electrons. The van der Waals surface area contributed by atoms with E-state index in [1.54, 1.807) is 0 Å². The van der Waals surface area contributed by atoms with Gasteiger partial charge in [-0.15, -0.1) is 0 Å². The molecule has 4 nitrogen and oxygen atoms in total. The monoisotopic (exact) mass is 286 g/mol. The smallest absolute Gasteiger partial charge is 0.217 e. The minimum atomic E-state index is -4.42. The minimum absolute atomic E-state index is 0.0914. The Kier molecular flexibility index (Phi) is 14.6. The highest BCUT2D eigenvalue weighted by Crippen LogP contribution is 2.08. The van der Waals surface area contributed by atoms with Crippen molar-refractivity contribution in [3.63, 3.8) is 0 Å². The van der Waals surface area contributed by atoms with Crippen molar-refractivity contribution in [2.45, 2.75) is 64.5 Å². The van der Waals surface area contributed by atoms with E-state index < -0.39 is 10.4 Å². The average Bonchev–Trinajstić information content (AvgIpc) is 2.17. The molecule has 0 N–H and O–H groups in total. The van der Waals surface area contributed by atoms with Crippen LogP contribution in [0.25, 0.3) is 0 Å². The van der Waals surface area contributed by atoms with Crippen LogP contribution in [0.1, 0.15) is 59.3 Å². The standard InChI is InChI=1S/C9H20S.C2H6O4S/c1-3-5-6-8-9(10)7-4-2;1-2-6-7(3,4)5/h9-10H,3-8H2,1-2H3;2H2,1H3,(H,3,4,5). The van der Waals surface area contributed by atoms with Crippen molar-refractivity contribution in [1.29, 1.82) is 0 Å². The zero-order valence-electron chi connectivity index (χ0n) is 11.1. The molecule has 106 valence electrons. The van der Waals surface area contributed by atoms with Gasteiger partial charge < -0.3 is 4.55 Å². The van der Waals surface area contributed by atoms with Gasteiger partial charge in [0.1, 0.15) is 5.25 Å². The summed E-state index contributed by atoms with van der Waals surface area (Å²) >= 11 is 3.72. The fraction of sp³-hybridized carbons (Fsp3) is 1.00. The van der Waals surface area contributed by atoms with E-state index in [9.17, 15) is 13.0 Å². The van der Waals surface area contributed by atoms with Crippen LogP contribution >= 0.6 is 0 Å². The molecule has 0 fully saturated rings. The second-order valence-corrected chi connectivity index (χ2v) is 5.66. The highest BCUT2D eigenvalue weighted by atomic mass is 32.3. The Morgan fingerprint density at radius 2 is 1.71 bits per heavy atom. The third kappa shape index (κ3) is 22.0. The Hall–Kier alpha value is 0.220. The molecule has 0 aromatic carbocycles. The Bertz CT molecular complexity index is 240. The number of hydrogen-bond donors (Lipinski definition) is 0. The Morgan fingerprint density at radius 1 is 1.12 bits per heavy atom. The van der Waals surface area contributed by atoms with E-state index in [0.717, 1.165) is 5.25 Å². The summed E-state index contributed by atoms with van der Waals surface area (Å²) in [5.74, 6) is 0. The largest absolute Gasteiger partial charge is 0.726 e. The Morgan fingerprint density at radius 3 is 2.00 bits per heavy atom. The number of rotatable bonds is 8. The maximum atomic E-state index is 9.45. The first-order valence-corrected chi connectivity index (χ1v) is 8.09. The predicted octanol–water partition coefficient (Wildman–Crippen LogP) is 2.23. The summed E-state index contributed by atoms with van der Waals surface area (Å²) < 4.78 is 32.0. The maximum absolute atomic E-state index is 9.45. The van der Waals surface area contributed by atoms with Crippen LogP contribution in [-0.2, 0) is 27.2 Å². The highest BCUT2D eigenvalue weighted by Gasteiger charge is 2.05. The van der Waals surface area contributed by atoms with Gasteiger partial charge in [0.2, 0.25) is 10.4 Å². The molecule has 0 aromatic heterocycles. The van der Waals surface area contributed by atoms with Crippen molar-refractivity contribution in [3.8, 4) is 0 Å².